The van der Waals surface area contributed by atoms with Gasteiger partial charge in [0.25, 0.3) is 0 Å². The van der Waals surface area contributed by atoms with E-state index in [9.17, 15) is 5.11 Å². The summed E-state index contributed by atoms with van der Waals surface area (Å²) in [5.41, 5.74) is 0.0469. The van der Waals surface area contributed by atoms with Gasteiger partial charge in [-0.05, 0) is 37.1 Å². The smallest absolute Gasteiger partial charge is 0.119 e. The molecule has 2 aliphatic carbocycles. The van der Waals surface area contributed by atoms with Crippen LogP contribution in [-0.2, 0) is 0 Å². The molecule has 0 aliphatic heterocycles. The lowest BCUT2D eigenvalue weighted by atomic mass is 9.56. The fourth-order valence-corrected chi connectivity index (χ4v) is 3.70. The van der Waals surface area contributed by atoms with Crippen LogP contribution in [0.1, 0.15) is 38.5 Å². The maximum atomic E-state index is 10.1. The Labute approximate surface area is 116 Å². The van der Waals surface area contributed by atoms with Crippen LogP contribution in [0.2, 0.25) is 0 Å². The molecule has 0 aromatic heterocycles. The molecule has 18 heavy (non-hydrogen) atoms. The Kier molecular flexibility index (Phi) is 3.37. The van der Waals surface area contributed by atoms with Crippen LogP contribution >= 0.6 is 15.9 Å². The number of aliphatic hydroxyl groups is 1. The molecule has 2 atom stereocenters. The van der Waals surface area contributed by atoms with Crippen molar-refractivity contribution < 1.29 is 9.84 Å². The quantitative estimate of drug-likeness (QED) is 0.897. The van der Waals surface area contributed by atoms with Crippen molar-refractivity contribution >= 4 is 15.9 Å². The van der Waals surface area contributed by atoms with Gasteiger partial charge in [-0.1, -0.05) is 35.2 Å². The minimum atomic E-state index is -0.154. The van der Waals surface area contributed by atoms with Gasteiger partial charge in [0.1, 0.15) is 11.9 Å². The first-order valence-electron chi connectivity index (χ1n) is 6.81. The van der Waals surface area contributed by atoms with Crippen molar-refractivity contribution in [2.45, 2.75) is 50.7 Å². The van der Waals surface area contributed by atoms with Crippen molar-refractivity contribution in [2.75, 3.05) is 0 Å². The lowest BCUT2D eigenvalue weighted by molar-refractivity contribution is -0.172. The summed E-state index contributed by atoms with van der Waals surface area (Å²) in [6.45, 7) is 0. The molecular formula is C15H19BrO2. The van der Waals surface area contributed by atoms with E-state index in [1.807, 2.05) is 24.3 Å². The molecule has 2 nitrogen and oxygen atoms in total. The molecule has 98 valence electrons. The lowest BCUT2D eigenvalue weighted by Gasteiger charge is -2.55. The number of benzene rings is 1. The molecule has 1 N–H and O–H groups in total. The molecule has 0 radical (unpaired) electrons. The van der Waals surface area contributed by atoms with Crippen molar-refractivity contribution in [2.24, 2.45) is 5.41 Å². The molecular weight excluding hydrogens is 292 g/mol. The number of halogens is 1. The molecule has 0 heterocycles. The molecule has 3 rings (SSSR count). The summed E-state index contributed by atoms with van der Waals surface area (Å²) < 4.78 is 7.15. The number of hydrogen-bond donors (Lipinski definition) is 1. The Morgan fingerprint density at radius 3 is 2.39 bits per heavy atom. The molecule has 0 saturated heterocycles. The molecule has 2 aliphatic rings. The van der Waals surface area contributed by atoms with Gasteiger partial charge in [0, 0.05) is 16.3 Å². The molecule has 0 bridgehead atoms. The predicted molar refractivity (Wildman–Crippen MR) is 74.7 cm³/mol. The molecule has 1 aromatic rings. The monoisotopic (exact) mass is 310 g/mol. The Balaban J connectivity index is 1.71. The second-order valence-corrected chi connectivity index (χ2v) is 6.52. The maximum Gasteiger partial charge on any atom is 0.119 e. The highest BCUT2D eigenvalue weighted by Crippen LogP contribution is 2.53. The van der Waals surface area contributed by atoms with Crippen molar-refractivity contribution in [1.82, 2.24) is 0 Å². The third-order valence-corrected chi connectivity index (χ3v) is 5.15. The van der Waals surface area contributed by atoms with Crippen molar-refractivity contribution in [3.63, 3.8) is 0 Å². The summed E-state index contributed by atoms with van der Waals surface area (Å²) in [7, 11) is 0. The third-order valence-electron chi connectivity index (χ3n) is 4.62. The fourth-order valence-electron chi connectivity index (χ4n) is 3.43. The summed E-state index contributed by atoms with van der Waals surface area (Å²) in [5.74, 6) is 0.917. The van der Waals surface area contributed by atoms with Gasteiger partial charge in [-0.3, -0.25) is 0 Å². The Bertz CT molecular complexity index is 409. The van der Waals surface area contributed by atoms with Gasteiger partial charge in [-0.2, -0.15) is 0 Å². The average Bonchev–Trinajstić information content (AvgIpc) is 2.42. The van der Waals surface area contributed by atoms with E-state index in [1.165, 1.54) is 19.3 Å². The summed E-state index contributed by atoms with van der Waals surface area (Å²) in [4.78, 5) is 0. The highest BCUT2D eigenvalue weighted by atomic mass is 79.9. The zero-order valence-electron chi connectivity index (χ0n) is 10.4. The summed E-state index contributed by atoms with van der Waals surface area (Å²) in [6.07, 6.45) is 6.85. The van der Waals surface area contributed by atoms with E-state index in [2.05, 4.69) is 15.9 Å². The largest absolute Gasteiger partial charge is 0.490 e. The third kappa shape index (κ3) is 2.08. The summed E-state index contributed by atoms with van der Waals surface area (Å²) >= 11 is 3.43. The van der Waals surface area contributed by atoms with Crippen LogP contribution in [-0.4, -0.2) is 17.3 Å². The molecule has 1 aromatic carbocycles. The highest BCUT2D eigenvalue weighted by Gasteiger charge is 2.56. The second kappa shape index (κ2) is 4.86. The summed E-state index contributed by atoms with van der Waals surface area (Å²) in [6, 6.07) is 7.98. The lowest BCUT2D eigenvalue weighted by Crippen LogP contribution is -2.60. The van der Waals surface area contributed by atoms with Gasteiger partial charge >= 0.3 is 0 Å². The number of rotatable bonds is 2. The van der Waals surface area contributed by atoms with E-state index < -0.39 is 0 Å². The Hall–Kier alpha value is -0.540. The van der Waals surface area contributed by atoms with E-state index in [0.29, 0.717) is 0 Å². The highest BCUT2D eigenvalue weighted by molar-refractivity contribution is 9.10. The van der Waals surface area contributed by atoms with Gasteiger partial charge in [0.05, 0.1) is 6.10 Å². The van der Waals surface area contributed by atoms with E-state index in [4.69, 9.17) is 4.74 Å². The van der Waals surface area contributed by atoms with Gasteiger partial charge in [0.2, 0.25) is 0 Å². The molecule has 2 fully saturated rings. The second-order valence-electron chi connectivity index (χ2n) is 5.61. The minimum absolute atomic E-state index is 0.0469. The van der Waals surface area contributed by atoms with Crippen LogP contribution in [0.25, 0.3) is 0 Å². The summed E-state index contributed by atoms with van der Waals surface area (Å²) in [5, 5.41) is 10.1. The average molecular weight is 311 g/mol. The molecule has 2 saturated carbocycles. The molecule has 1 spiro atoms. The standard InChI is InChI=1S/C15H19BrO2/c16-11-4-6-12(7-5-11)18-14-10-13(17)15(14)8-2-1-3-9-15/h4-7,13-14,17H,1-3,8-10H2. The maximum absolute atomic E-state index is 10.1. The molecule has 2 unspecified atom stereocenters. The fraction of sp³-hybridized carbons (Fsp3) is 0.600. The Morgan fingerprint density at radius 2 is 1.78 bits per heavy atom. The zero-order valence-corrected chi connectivity index (χ0v) is 12.0. The van der Waals surface area contributed by atoms with Crippen LogP contribution in [0.5, 0.6) is 5.75 Å². The van der Waals surface area contributed by atoms with Gasteiger partial charge in [-0.25, -0.2) is 0 Å². The SMILES string of the molecule is OC1CC(Oc2ccc(Br)cc2)C12CCCCC2. The van der Waals surface area contributed by atoms with E-state index >= 15 is 0 Å². The topological polar surface area (TPSA) is 29.5 Å². The first-order chi connectivity index (χ1) is 8.71. The number of ether oxygens (including phenoxy) is 1. The van der Waals surface area contributed by atoms with Crippen molar-refractivity contribution in [3.05, 3.63) is 28.7 Å². The number of aliphatic hydroxyl groups excluding tert-OH is 1. The van der Waals surface area contributed by atoms with Crippen LogP contribution in [0.4, 0.5) is 0 Å². The molecule has 0 amide bonds. The van der Waals surface area contributed by atoms with E-state index in [0.717, 1.165) is 29.5 Å². The normalized spacial score (nSPS) is 29.9. The predicted octanol–water partition coefficient (Wildman–Crippen LogP) is 3.91. The van der Waals surface area contributed by atoms with Gasteiger partial charge in [-0.15, -0.1) is 0 Å². The van der Waals surface area contributed by atoms with Crippen molar-refractivity contribution in [3.8, 4) is 5.75 Å². The van der Waals surface area contributed by atoms with E-state index in [1.54, 1.807) is 0 Å². The molecule has 3 heteroatoms. The van der Waals surface area contributed by atoms with Gasteiger partial charge < -0.3 is 9.84 Å². The van der Waals surface area contributed by atoms with Crippen molar-refractivity contribution in [1.29, 1.82) is 0 Å². The minimum Gasteiger partial charge on any atom is -0.490 e. The van der Waals surface area contributed by atoms with Crippen LogP contribution < -0.4 is 4.74 Å². The first kappa shape index (κ1) is 12.5. The van der Waals surface area contributed by atoms with Gasteiger partial charge in [0.15, 0.2) is 0 Å². The number of hydrogen-bond acceptors (Lipinski definition) is 2. The van der Waals surface area contributed by atoms with Crippen LogP contribution in [0, 0.1) is 5.41 Å². The Morgan fingerprint density at radius 1 is 1.11 bits per heavy atom. The van der Waals surface area contributed by atoms with E-state index in [-0.39, 0.29) is 17.6 Å². The zero-order chi connectivity index (χ0) is 12.6. The first-order valence-corrected chi connectivity index (χ1v) is 7.60. The van der Waals surface area contributed by atoms with Crippen LogP contribution in [0.3, 0.4) is 0 Å². The van der Waals surface area contributed by atoms with Crippen LogP contribution in [0.15, 0.2) is 28.7 Å².